The highest BCUT2D eigenvalue weighted by molar-refractivity contribution is 5.78. The second-order valence-corrected chi connectivity index (χ2v) is 4.98. The van der Waals surface area contributed by atoms with E-state index in [9.17, 15) is 0 Å². The van der Waals surface area contributed by atoms with Gasteiger partial charge in [0.05, 0.1) is 19.8 Å². The molecule has 1 aliphatic rings. The van der Waals surface area contributed by atoms with Crippen LogP contribution in [0.15, 0.2) is 4.99 Å². The quantitative estimate of drug-likeness (QED) is 0.544. The smallest absolute Gasteiger partial charge is 0.191 e. The molecule has 0 bridgehead atoms. The molecule has 1 fully saturated rings. The number of aliphatic imine (C=N–C) groups is 1. The molecule has 1 aliphatic heterocycles. The molecule has 0 atom stereocenters. The van der Waals surface area contributed by atoms with Crippen molar-refractivity contribution in [1.29, 1.82) is 0 Å². The van der Waals surface area contributed by atoms with Crippen molar-refractivity contribution in [3.63, 3.8) is 0 Å². The van der Waals surface area contributed by atoms with Crippen LogP contribution in [0.3, 0.4) is 0 Å². The molecule has 0 aromatic rings. The van der Waals surface area contributed by atoms with Gasteiger partial charge in [0.2, 0.25) is 0 Å². The first-order chi connectivity index (χ1) is 7.43. The van der Waals surface area contributed by atoms with Gasteiger partial charge in [-0.2, -0.15) is 0 Å². The Morgan fingerprint density at radius 1 is 1.38 bits per heavy atom. The minimum atomic E-state index is 0.0386. The highest BCUT2D eigenvalue weighted by atomic mass is 16.5. The monoisotopic (exact) mass is 228 g/mol. The SMILES string of the molecule is CN(C)C(C)(C)CN=C(N)N1CCOCC1. The molecule has 1 heterocycles. The number of guanidine groups is 1. The Kier molecular flexibility index (Phi) is 4.56. The number of nitrogens with two attached hydrogens (primary N) is 1. The Bertz CT molecular complexity index is 244. The first-order valence-electron chi connectivity index (χ1n) is 5.73. The van der Waals surface area contributed by atoms with Crippen LogP contribution in [0.1, 0.15) is 13.8 Å². The fourth-order valence-electron chi connectivity index (χ4n) is 1.31. The van der Waals surface area contributed by atoms with Crippen molar-refractivity contribution in [3.05, 3.63) is 0 Å². The molecule has 0 unspecified atom stereocenters. The van der Waals surface area contributed by atoms with Gasteiger partial charge in [0.25, 0.3) is 0 Å². The van der Waals surface area contributed by atoms with Crippen molar-refractivity contribution in [2.45, 2.75) is 19.4 Å². The standard InChI is InChI=1S/C11H24N4O/c1-11(2,14(3)4)9-13-10(12)15-5-7-16-8-6-15/h5-9H2,1-4H3,(H2,12,13). The highest BCUT2D eigenvalue weighted by Crippen LogP contribution is 2.10. The molecule has 1 saturated heterocycles. The first kappa shape index (κ1) is 13.3. The molecule has 2 N–H and O–H groups in total. The summed E-state index contributed by atoms with van der Waals surface area (Å²) in [5, 5.41) is 0. The second kappa shape index (κ2) is 5.50. The third-order valence-corrected chi connectivity index (χ3v) is 3.17. The summed E-state index contributed by atoms with van der Waals surface area (Å²) in [6, 6.07) is 0. The molecule has 94 valence electrons. The van der Waals surface area contributed by atoms with Crippen LogP contribution in [-0.2, 0) is 4.74 Å². The lowest BCUT2D eigenvalue weighted by Gasteiger charge is -2.32. The van der Waals surface area contributed by atoms with E-state index in [1.807, 2.05) is 0 Å². The van der Waals surface area contributed by atoms with Crippen LogP contribution in [0, 0.1) is 0 Å². The number of hydrogen-bond acceptors (Lipinski definition) is 3. The average molecular weight is 228 g/mol. The van der Waals surface area contributed by atoms with Gasteiger partial charge < -0.3 is 20.3 Å². The number of nitrogens with zero attached hydrogens (tertiary/aromatic N) is 3. The summed E-state index contributed by atoms with van der Waals surface area (Å²) in [5.41, 5.74) is 6.00. The molecule has 0 aliphatic carbocycles. The van der Waals surface area contributed by atoms with Gasteiger partial charge in [-0.25, -0.2) is 0 Å². The molecule has 5 nitrogen and oxygen atoms in total. The number of hydrogen-bond donors (Lipinski definition) is 1. The Morgan fingerprint density at radius 3 is 2.44 bits per heavy atom. The van der Waals surface area contributed by atoms with Gasteiger partial charge in [-0.1, -0.05) is 0 Å². The average Bonchev–Trinajstić information content (AvgIpc) is 2.27. The van der Waals surface area contributed by atoms with Crippen LogP contribution in [0.5, 0.6) is 0 Å². The number of rotatable bonds is 3. The van der Waals surface area contributed by atoms with Crippen LogP contribution < -0.4 is 5.73 Å². The summed E-state index contributed by atoms with van der Waals surface area (Å²) in [4.78, 5) is 8.70. The fourth-order valence-corrected chi connectivity index (χ4v) is 1.31. The minimum absolute atomic E-state index is 0.0386. The van der Waals surface area contributed by atoms with Gasteiger partial charge in [0.15, 0.2) is 5.96 Å². The van der Waals surface area contributed by atoms with E-state index in [0.717, 1.165) is 26.3 Å². The molecule has 0 amide bonds. The normalized spacial score (nSPS) is 19.3. The van der Waals surface area contributed by atoms with Crippen LogP contribution in [0.25, 0.3) is 0 Å². The van der Waals surface area contributed by atoms with Crippen molar-refractivity contribution < 1.29 is 4.74 Å². The molecule has 0 aromatic heterocycles. The van der Waals surface area contributed by atoms with Crippen LogP contribution in [0.4, 0.5) is 0 Å². The fraction of sp³-hybridized carbons (Fsp3) is 0.909. The Balaban J connectivity index is 2.49. The lowest BCUT2D eigenvalue weighted by molar-refractivity contribution is 0.0672. The number of morpholine rings is 1. The summed E-state index contributed by atoms with van der Waals surface area (Å²) in [6.07, 6.45) is 0. The summed E-state index contributed by atoms with van der Waals surface area (Å²) in [5.74, 6) is 0.637. The van der Waals surface area contributed by atoms with E-state index in [1.54, 1.807) is 0 Å². The zero-order valence-corrected chi connectivity index (χ0v) is 10.9. The third-order valence-electron chi connectivity index (χ3n) is 3.17. The Morgan fingerprint density at radius 2 is 1.94 bits per heavy atom. The molecular formula is C11H24N4O. The minimum Gasteiger partial charge on any atom is -0.378 e. The molecule has 0 saturated carbocycles. The zero-order valence-electron chi connectivity index (χ0n) is 10.9. The highest BCUT2D eigenvalue weighted by Gasteiger charge is 2.20. The summed E-state index contributed by atoms with van der Waals surface area (Å²) < 4.78 is 5.27. The van der Waals surface area contributed by atoms with Gasteiger partial charge in [-0.15, -0.1) is 0 Å². The van der Waals surface area contributed by atoms with Crippen LogP contribution >= 0.6 is 0 Å². The lowest BCUT2D eigenvalue weighted by Crippen LogP contribution is -2.46. The summed E-state index contributed by atoms with van der Waals surface area (Å²) in [7, 11) is 4.11. The van der Waals surface area contributed by atoms with E-state index in [1.165, 1.54) is 0 Å². The van der Waals surface area contributed by atoms with Crippen molar-refractivity contribution in [3.8, 4) is 0 Å². The maximum atomic E-state index is 5.96. The molecule has 1 rings (SSSR count). The van der Waals surface area contributed by atoms with E-state index in [2.05, 4.69) is 42.7 Å². The molecule has 0 radical (unpaired) electrons. The van der Waals surface area contributed by atoms with Crippen molar-refractivity contribution in [2.24, 2.45) is 10.7 Å². The number of likely N-dealkylation sites (N-methyl/N-ethyl adjacent to an activating group) is 1. The van der Waals surface area contributed by atoms with Gasteiger partial charge >= 0.3 is 0 Å². The molecule has 5 heteroatoms. The van der Waals surface area contributed by atoms with E-state index >= 15 is 0 Å². The van der Waals surface area contributed by atoms with Crippen molar-refractivity contribution >= 4 is 5.96 Å². The molecule has 16 heavy (non-hydrogen) atoms. The predicted octanol–water partition coefficient (Wildman–Crippen LogP) is -0.0265. The van der Waals surface area contributed by atoms with Gasteiger partial charge in [0, 0.05) is 18.6 Å². The lowest BCUT2D eigenvalue weighted by atomic mass is 10.1. The van der Waals surface area contributed by atoms with Crippen molar-refractivity contribution in [1.82, 2.24) is 9.80 Å². The van der Waals surface area contributed by atoms with E-state index in [-0.39, 0.29) is 5.54 Å². The molecular weight excluding hydrogens is 204 g/mol. The Labute approximate surface area is 98.3 Å². The van der Waals surface area contributed by atoms with E-state index in [0.29, 0.717) is 12.5 Å². The van der Waals surface area contributed by atoms with Crippen LogP contribution in [0.2, 0.25) is 0 Å². The first-order valence-corrected chi connectivity index (χ1v) is 5.73. The maximum absolute atomic E-state index is 5.96. The Hall–Kier alpha value is -0.810. The predicted molar refractivity (Wildman–Crippen MR) is 66.6 cm³/mol. The van der Waals surface area contributed by atoms with Gasteiger partial charge in [0.1, 0.15) is 0 Å². The van der Waals surface area contributed by atoms with E-state index in [4.69, 9.17) is 10.5 Å². The third kappa shape index (κ3) is 3.64. The topological polar surface area (TPSA) is 54.1 Å². The van der Waals surface area contributed by atoms with Gasteiger partial charge in [-0.3, -0.25) is 4.99 Å². The molecule has 0 aromatic carbocycles. The maximum Gasteiger partial charge on any atom is 0.191 e. The van der Waals surface area contributed by atoms with Crippen molar-refractivity contribution in [2.75, 3.05) is 46.9 Å². The van der Waals surface area contributed by atoms with Crippen LogP contribution in [-0.4, -0.2) is 68.2 Å². The zero-order chi connectivity index (χ0) is 12.2. The second-order valence-electron chi connectivity index (χ2n) is 4.98. The van der Waals surface area contributed by atoms with Gasteiger partial charge in [-0.05, 0) is 27.9 Å². The summed E-state index contributed by atoms with van der Waals surface area (Å²) in [6.45, 7) is 8.20. The molecule has 0 spiro atoms. The largest absolute Gasteiger partial charge is 0.378 e. The van der Waals surface area contributed by atoms with E-state index < -0.39 is 0 Å². The summed E-state index contributed by atoms with van der Waals surface area (Å²) >= 11 is 0. The number of ether oxygens (including phenoxy) is 1.